The summed E-state index contributed by atoms with van der Waals surface area (Å²) >= 11 is 2.71. The highest BCUT2D eigenvalue weighted by Crippen LogP contribution is 2.16. The molecule has 16 N–H and O–H groups in total. The maximum atomic E-state index is 14.4. The van der Waals surface area contributed by atoms with Crippen LogP contribution in [0.15, 0.2) is 54.6 Å². The number of carboxylic acid groups (broad SMARTS) is 2. The van der Waals surface area contributed by atoms with Crippen molar-refractivity contribution in [2.45, 2.75) is 160 Å². The number of carbonyl (C=O) groups excluding carboxylic acids is 10. The minimum Gasteiger partial charge on any atom is -0.508 e. The number of amides is 10. The summed E-state index contributed by atoms with van der Waals surface area (Å²) in [6.45, 7) is 11.4. The number of benzene rings is 2. The van der Waals surface area contributed by atoms with Crippen molar-refractivity contribution in [3.05, 3.63) is 65.7 Å². The van der Waals surface area contributed by atoms with Crippen LogP contribution in [0.5, 0.6) is 5.75 Å². The lowest BCUT2D eigenvalue weighted by atomic mass is 9.96. The van der Waals surface area contributed by atoms with Gasteiger partial charge < -0.3 is 74.6 Å². The first-order valence-corrected chi connectivity index (χ1v) is 30.3. The number of rotatable bonds is 38. The van der Waals surface area contributed by atoms with E-state index >= 15 is 0 Å². The Morgan fingerprint density at radius 1 is 0.500 bits per heavy atom. The van der Waals surface area contributed by atoms with Crippen LogP contribution in [0.25, 0.3) is 0 Å². The van der Waals surface area contributed by atoms with Crippen molar-refractivity contribution in [2.24, 2.45) is 29.2 Å². The van der Waals surface area contributed by atoms with Crippen molar-refractivity contribution in [1.82, 2.24) is 47.9 Å². The van der Waals surface area contributed by atoms with Gasteiger partial charge in [-0.3, -0.25) is 52.7 Å². The van der Waals surface area contributed by atoms with Gasteiger partial charge in [-0.25, -0.2) is 4.79 Å². The van der Waals surface area contributed by atoms with E-state index in [-0.39, 0.29) is 43.8 Å². The molecule has 0 saturated heterocycles. The SMILES string of the molecule is CC[C@H](C)[C@H](NC(=O)[C@@H](N)Cc1ccccc1)C(=O)N[C@@H](CC(=O)O)C(=O)N[C@@H](CC(C)C)C(=O)N[C@@H](CC(N)=O)C(=O)N[C@@H](Cc1ccc(O)cc1)C(=O)N[C@@H](CCSC)C(=O)N[C@H](C(=O)N[C@@H](C)C(=O)N[C@@H](CCSC)C(=O)O)C(C)C. The summed E-state index contributed by atoms with van der Waals surface area (Å²) in [7, 11) is 0. The second-order valence-corrected chi connectivity index (χ2v) is 23.1. The molecule has 84 heavy (non-hydrogen) atoms. The topological polar surface area (TPSA) is 426 Å². The summed E-state index contributed by atoms with van der Waals surface area (Å²) in [5, 5.41) is 52.0. The molecule has 0 aliphatic carbocycles. The summed E-state index contributed by atoms with van der Waals surface area (Å²) in [6.07, 6.45) is 1.89. The zero-order valence-corrected chi connectivity index (χ0v) is 50.6. The largest absolute Gasteiger partial charge is 0.508 e. The van der Waals surface area contributed by atoms with E-state index in [9.17, 15) is 72.9 Å². The highest BCUT2D eigenvalue weighted by molar-refractivity contribution is 7.98. The van der Waals surface area contributed by atoms with Crippen LogP contribution in [0.2, 0.25) is 0 Å². The number of carboxylic acids is 2. The van der Waals surface area contributed by atoms with Crippen LogP contribution >= 0.6 is 23.5 Å². The minimum atomic E-state index is -1.82. The number of phenolic OH excluding ortho intramolecular Hbond substituents is 1. The average Bonchev–Trinajstić information content (AvgIpc) is 3.51. The number of aliphatic carboxylic acids is 2. The predicted molar refractivity (Wildman–Crippen MR) is 316 cm³/mol. The van der Waals surface area contributed by atoms with Crippen molar-refractivity contribution < 1.29 is 72.9 Å². The maximum Gasteiger partial charge on any atom is 0.326 e. The first-order chi connectivity index (χ1) is 39.5. The second kappa shape index (κ2) is 37.0. The Morgan fingerprint density at radius 2 is 0.952 bits per heavy atom. The molecule has 0 radical (unpaired) electrons. The molecule has 28 heteroatoms. The van der Waals surface area contributed by atoms with Gasteiger partial charge >= 0.3 is 11.9 Å². The Balaban J connectivity index is 2.45. The van der Waals surface area contributed by atoms with Crippen LogP contribution in [0.1, 0.15) is 98.1 Å². The van der Waals surface area contributed by atoms with Crippen LogP contribution in [0.3, 0.4) is 0 Å². The Labute approximate surface area is 498 Å². The lowest BCUT2D eigenvalue weighted by molar-refractivity contribution is -0.142. The first-order valence-electron chi connectivity index (χ1n) is 27.5. The Morgan fingerprint density at radius 3 is 1.48 bits per heavy atom. The molecular formula is C56H85N11O15S2. The fourth-order valence-corrected chi connectivity index (χ4v) is 9.24. The van der Waals surface area contributed by atoms with Crippen molar-refractivity contribution >= 4 is 94.5 Å². The quantitative estimate of drug-likeness (QED) is 0.0406. The lowest BCUT2D eigenvalue weighted by Gasteiger charge is -2.29. The lowest BCUT2D eigenvalue weighted by Crippen LogP contribution is -2.61. The van der Waals surface area contributed by atoms with Crippen LogP contribution in [0, 0.1) is 17.8 Å². The molecule has 0 spiro atoms. The number of aromatic hydroxyl groups is 1. The molecule has 466 valence electrons. The van der Waals surface area contributed by atoms with Gasteiger partial charge in [0, 0.05) is 6.42 Å². The van der Waals surface area contributed by atoms with E-state index in [1.807, 2.05) is 0 Å². The van der Waals surface area contributed by atoms with Crippen LogP contribution in [-0.2, 0) is 70.4 Å². The normalized spacial score (nSPS) is 15.1. The van der Waals surface area contributed by atoms with E-state index in [1.54, 1.807) is 84.4 Å². The highest BCUT2D eigenvalue weighted by Gasteiger charge is 2.37. The predicted octanol–water partition coefficient (Wildman–Crippen LogP) is -0.423. The third-order valence-corrected chi connectivity index (χ3v) is 14.6. The van der Waals surface area contributed by atoms with Crippen molar-refractivity contribution in [3.8, 4) is 5.75 Å². The molecule has 0 fully saturated rings. The van der Waals surface area contributed by atoms with Crippen molar-refractivity contribution in [2.75, 3.05) is 24.0 Å². The number of thioether (sulfide) groups is 2. The fraction of sp³-hybridized carbons (Fsp3) is 0.571. The molecule has 0 aliphatic rings. The van der Waals surface area contributed by atoms with Crippen LogP contribution in [-0.4, -0.2) is 171 Å². The van der Waals surface area contributed by atoms with E-state index in [1.165, 1.54) is 54.7 Å². The number of hydrogen-bond donors (Lipinski definition) is 14. The molecule has 0 aliphatic heterocycles. The molecule has 2 aromatic carbocycles. The van der Waals surface area contributed by atoms with E-state index in [0.717, 1.165) is 5.56 Å². The van der Waals surface area contributed by atoms with Gasteiger partial charge in [0.2, 0.25) is 59.1 Å². The number of nitrogens with one attached hydrogen (secondary N) is 9. The molecule has 2 rings (SSSR count). The van der Waals surface area contributed by atoms with Crippen LogP contribution in [0.4, 0.5) is 0 Å². The third-order valence-electron chi connectivity index (χ3n) is 13.3. The van der Waals surface area contributed by atoms with E-state index < -0.39 is 156 Å². The molecule has 0 aromatic heterocycles. The molecule has 0 saturated carbocycles. The summed E-state index contributed by atoms with van der Waals surface area (Å²) < 4.78 is 0. The zero-order chi connectivity index (χ0) is 63.4. The van der Waals surface area contributed by atoms with Crippen molar-refractivity contribution in [1.29, 1.82) is 0 Å². The Bertz CT molecular complexity index is 2560. The number of phenols is 1. The summed E-state index contributed by atoms with van der Waals surface area (Å²) in [6, 6.07) is 0.231. The van der Waals surface area contributed by atoms with E-state index in [4.69, 9.17) is 11.5 Å². The van der Waals surface area contributed by atoms with E-state index in [0.29, 0.717) is 23.5 Å². The molecule has 0 unspecified atom stereocenters. The van der Waals surface area contributed by atoms with Crippen molar-refractivity contribution in [3.63, 3.8) is 0 Å². The van der Waals surface area contributed by atoms with Gasteiger partial charge in [0.05, 0.1) is 18.9 Å². The number of nitrogens with two attached hydrogens (primary N) is 2. The smallest absolute Gasteiger partial charge is 0.326 e. The zero-order valence-electron chi connectivity index (χ0n) is 49.0. The molecule has 10 amide bonds. The maximum absolute atomic E-state index is 14.4. The van der Waals surface area contributed by atoms with Gasteiger partial charge in [0.1, 0.15) is 60.1 Å². The second-order valence-electron chi connectivity index (χ2n) is 21.2. The average molecular weight is 1220 g/mol. The van der Waals surface area contributed by atoms with Gasteiger partial charge in [0.15, 0.2) is 0 Å². The Kier molecular flexibility index (Phi) is 32.0. The monoisotopic (exact) mass is 1220 g/mol. The molecule has 0 bridgehead atoms. The molecular weight excluding hydrogens is 1130 g/mol. The summed E-state index contributed by atoms with van der Waals surface area (Å²) in [4.78, 5) is 161. The van der Waals surface area contributed by atoms with Gasteiger partial charge in [-0.05, 0) is 97.6 Å². The molecule has 26 nitrogen and oxygen atoms in total. The van der Waals surface area contributed by atoms with E-state index in [2.05, 4.69) is 47.9 Å². The van der Waals surface area contributed by atoms with Gasteiger partial charge in [-0.1, -0.05) is 90.4 Å². The minimum absolute atomic E-state index is 0.00426. The standard InChI is InChI=1S/C56H85N11O15S2/c1-10-31(6)46(67-48(73)36(57)25-33-14-12-11-13-15-33)55(80)65-42(28-44(70)71)53(78)62-39(24-29(2)3)50(75)64-41(27-43(58)69)52(77)63-40(26-34-16-18-35(68)19-17-34)51(76)60-37(20-22-83-8)49(74)66-45(30(4)5)54(79)59-32(7)47(72)61-38(56(81)82)21-23-84-9/h11-19,29-32,36-42,45-46,68H,10,20-28,57H2,1-9H3,(H2,58,69)(H,59,79)(H,60,76)(H,61,72)(H,62,78)(H,63,77)(H,64,75)(H,65,80)(H,66,74)(H,67,73)(H,70,71)(H,81,82)/t31-,32-,36-,37-,38-,39-,40-,41-,42-,45-,46-/m0/s1. The first kappa shape index (κ1) is 72.6. The number of primary amides is 1. The van der Waals surface area contributed by atoms with Gasteiger partial charge in [-0.2, -0.15) is 23.5 Å². The third kappa shape index (κ3) is 26.0. The van der Waals surface area contributed by atoms with Gasteiger partial charge in [0.25, 0.3) is 0 Å². The van der Waals surface area contributed by atoms with Crippen LogP contribution < -0.4 is 59.3 Å². The fourth-order valence-electron chi connectivity index (χ4n) is 8.30. The summed E-state index contributed by atoms with van der Waals surface area (Å²) in [5.74, 6) is -13.0. The molecule has 2 aromatic rings. The number of hydrogen-bond acceptors (Lipinski definition) is 16. The highest BCUT2D eigenvalue weighted by atomic mass is 32.2. The molecule has 11 atom stereocenters. The summed E-state index contributed by atoms with van der Waals surface area (Å²) in [5.41, 5.74) is 12.9. The number of carbonyl (C=O) groups is 12. The molecule has 0 heterocycles. The Hall–Kier alpha value is -7.46. The van der Waals surface area contributed by atoms with Gasteiger partial charge in [-0.15, -0.1) is 0 Å².